The van der Waals surface area contributed by atoms with E-state index in [1.807, 2.05) is 49.4 Å². The van der Waals surface area contributed by atoms with E-state index in [2.05, 4.69) is 23.6 Å². The van der Waals surface area contributed by atoms with Crippen LogP contribution in [0.5, 0.6) is 0 Å². The second kappa shape index (κ2) is 7.60. The van der Waals surface area contributed by atoms with Crippen LogP contribution in [0.4, 0.5) is 5.69 Å². The van der Waals surface area contributed by atoms with Gasteiger partial charge in [-0.05, 0) is 36.7 Å². The van der Waals surface area contributed by atoms with Crippen molar-refractivity contribution in [3.05, 3.63) is 65.2 Å². The molecule has 0 aliphatic rings. The van der Waals surface area contributed by atoms with Gasteiger partial charge < -0.3 is 10.6 Å². The molecule has 3 nitrogen and oxygen atoms in total. The van der Waals surface area contributed by atoms with Crippen molar-refractivity contribution < 1.29 is 4.79 Å². The van der Waals surface area contributed by atoms with Crippen LogP contribution in [0, 0.1) is 6.92 Å². The largest absolute Gasteiger partial charge is 0.326 e. The van der Waals surface area contributed by atoms with Gasteiger partial charge in [0.15, 0.2) is 0 Å². The smallest absolute Gasteiger partial charge is 0.228 e. The molecule has 0 fully saturated rings. The first-order valence-electron chi connectivity index (χ1n) is 7.32. The lowest BCUT2D eigenvalue weighted by atomic mass is 10.1. The van der Waals surface area contributed by atoms with Crippen molar-refractivity contribution >= 4 is 11.6 Å². The molecule has 2 N–H and O–H groups in total. The number of hydrogen-bond donors (Lipinski definition) is 2. The summed E-state index contributed by atoms with van der Waals surface area (Å²) in [7, 11) is 0. The molecule has 2 rings (SSSR count). The quantitative estimate of drug-likeness (QED) is 0.853. The molecule has 0 aliphatic heterocycles. The van der Waals surface area contributed by atoms with E-state index < -0.39 is 0 Å². The molecule has 0 saturated carbocycles. The van der Waals surface area contributed by atoms with Gasteiger partial charge >= 0.3 is 0 Å². The maximum absolute atomic E-state index is 12.1. The Balaban J connectivity index is 1.96. The van der Waals surface area contributed by atoms with E-state index in [0.29, 0.717) is 6.42 Å². The number of rotatable bonds is 6. The Morgan fingerprint density at radius 2 is 1.81 bits per heavy atom. The van der Waals surface area contributed by atoms with Crippen LogP contribution in [0.25, 0.3) is 0 Å². The van der Waals surface area contributed by atoms with Gasteiger partial charge in [-0.15, -0.1) is 0 Å². The first kappa shape index (κ1) is 15.3. The van der Waals surface area contributed by atoms with E-state index in [9.17, 15) is 4.79 Å². The summed E-state index contributed by atoms with van der Waals surface area (Å²) in [6.45, 7) is 5.86. The van der Waals surface area contributed by atoms with Crippen molar-refractivity contribution in [1.29, 1.82) is 0 Å². The highest BCUT2D eigenvalue weighted by molar-refractivity contribution is 5.92. The first-order chi connectivity index (χ1) is 10.2. The standard InChI is InChI=1S/C18H22N2O/c1-3-19-13-16-8-5-9-17(11-16)20-18(21)12-15-7-4-6-14(2)10-15/h4-11,19H,3,12-13H2,1-2H3,(H,20,21). The minimum Gasteiger partial charge on any atom is -0.326 e. The second-order valence-corrected chi connectivity index (χ2v) is 5.19. The molecule has 0 radical (unpaired) electrons. The zero-order chi connectivity index (χ0) is 15.1. The van der Waals surface area contributed by atoms with Gasteiger partial charge in [0, 0.05) is 12.2 Å². The highest BCUT2D eigenvalue weighted by atomic mass is 16.1. The lowest BCUT2D eigenvalue weighted by molar-refractivity contribution is -0.115. The molecule has 1 amide bonds. The van der Waals surface area contributed by atoms with E-state index >= 15 is 0 Å². The van der Waals surface area contributed by atoms with Crippen molar-refractivity contribution in [3.8, 4) is 0 Å². The van der Waals surface area contributed by atoms with E-state index in [1.165, 1.54) is 11.1 Å². The summed E-state index contributed by atoms with van der Waals surface area (Å²) >= 11 is 0. The molecular formula is C18H22N2O. The molecule has 0 atom stereocenters. The van der Waals surface area contributed by atoms with Gasteiger partial charge in [0.05, 0.1) is 6.42 Å². The van der Waals surface area contributed by atoms with Crippen molar-refractivity contribution in [1.82, 2.24) is 5.32 Å². The summed E-state index contributed by atoms with van der Waals surface area (Å²) in [6.07, 6.45) is 0.402. The maximum atomic E-state index is 12.1. The number of benzene rings is 2. The number of carbonyl (C=O) groups is 1. The molecular weight excluding hydrogens is 260 g/mol. The topological polar surface area (TPSA) is 41.1 Å². The van der Waals surface area contributed by atoms with E-state index in [0.717, 1.165) is 24.3 Å². The Morgan fingerprint density at radius 1 is 1.05 bits per heavy atom. The Bertz CT molecular complexity index is 608. The van der Waals surface area contributed by atoms with Crippen molar-refractivity contribution in [2.75, 3.05) is 11.9 Å². The second-order valence-electron chi connectivity index (χ2n) is 5.19. The van der Waals surface area contributed by atoms with Crippen molar-refractivity contribution in [2.45, 2.75) is 26.8 Å². The summed E-state index contributed by atoms with van der Waals surface area (Å²) in [5.74, 6) is 0.0150. The number of anilines is 1. The third kappa shape index (κ3) is 5.04. The molecule has 2 aromatic rings. The molecule has 0 aromatic heterocycles. The molecule has 0 heterocycles. The molecule has 0 unspecified atom stereocenters. The van der Waals surface area contributed by atoms with Crippen LogP contribution < -0.4 is 10.6 Å². The van der Waals surface area contributed by atoms with Gasteiger partial charge in [-0.1, -0.05) is 48.9 Å². The van der Waals surface area contributed by atoms with E-state index in [-0.39, 0.29) is 5.91 Å². The average Bonchev–Trinajstić information content (AvgIpc) is 2.45. The Morgan fingerprint density at radius 3 is 2.57 bits per heavy atom. The lowest BCUT2D eigenvalue weighted by Gasteiger charge is -2.08. The monoisotopic (exact) mass is 282 g/mol. The van der Waals surface area contributed by atoms with Crippen LogP contribution >= 0.6 is 0 Å². The summed E-state index contributed by atoms with van der Waals surface area (Å²) in [5.41, 5.74) is 4.23. The number of aryl methyl sites for hydroxylation is 1. The third-order valence-corrected chi connectivity index (χ3v) is 3.24. The number of amides is 1. The van der Waals surface area contributed by atoms with Gasteiger partial charge in [-0.3, -0.25) is 4.79 Å². The molecule has 0 aliphatic carbocycles. The Labute approximate surface area is 126 Å². The van der Waals surface area contributed by atoms with Crippen LogP contribution in [0.2, 0.25) is 0 Å². The fraction of sp³-hybridized carbons (Fsp3) is 0.278. The van der Waals surface area contributed by atoms with Gasteiger partial charge in [0.1, 0.15) is 0 Å². The van der Waals surface area contributed by atoms with E-state index in [4.69, 9.17) is 0 Å². The number of carbonyl (C=O) groups excluding carboxylic acids is 1. The third-order valence-electron chi connectivity index (χ3n) is 3.24. The molecule has 2 aromatic carbocycles. The normalized spacial score (nSPS) is 10.4. The summed E-state index contributed by atoms with van der Waals surface area (Å²) in [6, 6.07) is 16.0. The van der Waals surface area contributed by atoms with Crippen LogP contribution in [0.1, 0.15) is 23.6 Å². The molecule has 3 heteroatoms. The fourth-order valence-electron chi connectivity index (χ4n) is 2.24. The summed E-state index contributed by atoms with van der Waals surface area (Å²) in [4.78, 5) is 12.1. The predicted octanol–water partition coefficient (Wildman–Crippen LogP) is 3.29. The molecule has 0 spiro atoms. The number of hydrogen-bond acceptors (Lipinski definition) is 2. The zero-order valence-electron chi connectivity index (χ0n) is 12.6. The van der Waals surface area contributed by atoms with Gasteiger partial charge in [-0.2, -0.15) is 0 Å². The minimum atomic E-state index is 0.0150. The zero-order valence-corrected chi connectivity index (χ0v) is 12.6. The molecule has 21 heavy (non-hydrogen) atoms. The Kier molecular flexibility index (Phi) is 5.52. The highest BCUT2D eigenvalue weighted by Gasteiger charge is 2.05. The molecule has 0 saturated heterocycles. The van der Waals surface area contributed by atoms with Crippen LogP contribution in [-0.2, 0) is 17.8 Å². The highest BCUT2D eigenvalue weighted by Crippen LogP contribution is 2.12. The number of nitrogens with one attached hydrogen (secondary N) is 2. The molecule has 0 bridgehead atoms. The summed E-state index contributed by atoms with van der Waals surface area (Å²) in [5, 5.41) is 6.24. The lowest BCUT2D eigenvalue weighted by Crippen LogP contribution is -2.15. The van der Waals surface area contributed by atoms with Crippen molar-refractivity contribution in [3.63, 3.8) is 0 Å². The molecule has 110 valence electrons. The first-order valence-corrected chi connectivity index (χ1v) is 7.32. The van der Waals surface area contributed by atoms with Crippen LogP contribution in [0.3, 0.4) is 0 Å². The average molecular weight is 282 g/mol. The summed E-state index contributed by atoms with van der Waals surface area (Å²) < 4.78 is 0. The van der Waals surface area contributed by atoms with Gasteiger partial charge in [0.2, 0.25) is 5.91 Å². The minimum absolute atomic E-state index is 0.0150. The maximum Gasteiger partial charge on any atom is 0.228 e. The fourth-order valence-corrected chi connectivity index (χ4v) is 2.24. The van der Waals surface area contributed by atoms with E-state index in [1.54, 1.807) is 0 Å². The van der Waals surface area contributed by atoms with Crippen LogP contribution in [0.15, 0.2) is 48.5 Å². The van der Waals surface area contributed by atoms with Crippen molar-refractivity contribution in [2.24, 2.45) is 0 Å². The van der Waals surface area contributed by atoms with Crippen LogP contribution in [-0.4, -0.2) is 12.5 Å². The van der Waals surface area contributed by atoms with Gasteiger partial charge in [-0.25, -0.2) is 0 Å². The Hall–Kier alpha value is -2.13. The predicted molar refractivity (Wildman–Crippen MR) is 87.3 cm³/mol. The SMILES string of the molecule is CCNCc1cccc(NC(=O)Cc2cccc(C)c2)c1. The van der Waals surface area contributed by atoms with Gasteiger partial charge in [0.25, 0.3) is 0 Å².